The van der Waals surface area contributed by atoms with Crippen LogP contribution >= 0.6 is 15.9 Å². The van der Waals surface area contributed by atoms with E-state index in [9.17, 15) is 4.79 Å². The molecule has 0 amide bonds. The van der Waals surface area contributed by atoms with Crippen molar-refractivity contribution in [3.05, 3.63) is 0 Å². The number of ketones is 1. The molecule has 2 heteroatoms. The molecule has 2 unspecified atom stereocenters. The second-order valence-corrected chi connectivity index (χ2v) is 6.83. The molecule has 5 saturated carbocycles. The fourth-order valence-corrected chi connectivity index (χ4v) is 7.45. The van der Waals surface area contributed by atoms with Crippen LogP contribution in [0.4, 0.5) is 0 Å². The highest BCUT2D eigenvalue weighted by atomic mass is 79.9. The average molecular weight is 239 g/mol. The van der Waals surface area contributed by atoms with Crippen molar-refractivity contribution in [2.75, 3.05) is 0 Å². The number of carbonyl (C=O) groups excluding carboxylic acids is 1. The molecule has 1 nitrogen and oxygen atoms in total. The fraction of sp³-hybridized carbons (Fsp3) is 0.909. The average Bonchev–Trinajstić information content (AvgIpc) is 2.52. The zero-order valence-electron chi connectivity index (χ0n) is 7.19. The van der Waals surface area contributed by atoms with Crippen molar-refractivity contribution in [3.8, 4) is 0 Å². The molecule has 0 aromatic carbocycles. The van der Waals surface area contributed by atoms with E-state index in [1.165, 1.54) is 6.42 Å². The summed E-state index contributed by atoms with van der Waals surface area (Å²) in [6.07, 6.45) is 1.41. The monoisotopic (exact) mass is 238 g/mol. The Labute approximate surface area is 85.4 Å². The number of carbonyl (C=O) groups is 1. The lowest BCUT2D eigenvalue weighted by molar-refractivity contribution is -0.132. The van der Waals surface area contributed by atoms with Gasteiger partial charge < -0.3 is 0 Å². The minimum atomic E-state index is 0.513. The Morgan fingerprint density at radius 3 is 2.69 bits per heavy atom. The Kier molecular flexibility index (Phi) is 0.790. The summed E-state index contributed by atoms with van der Waals surface area (Å²) < 4.78 is 0. The van der Waals surface area contributed by atoms with Crippen molar-refractivity contribution in [1.29, 1.82) is 0 Å². The smallest absolute Gasteiger partial charge is 0.140 e. The Bertz CT molecular complexity index is 352. The summed E-state index contributed by atoms with van der Waals surface area (Å²) in [7, 11) is 0. The first-order chi connectivity index (χ1) is 6.30. The van der Waals surface area contributed by atoms with Crippen LogP contribution in [0.2, 0.25) is 0 Å². The molecule has 0 heterocycles. The maximum atomic E-state index is 12.0. The van der Waals surface area contributed by atoms with Crippen LogP contribution in [0.5, 0.6) is 0 Å². The molecule has 2 bridgehead atoms. The molecule has 0 spiro atoms. The van der Waals surface area contributed by atoms with Crippen molar-refractivity contribution in [1.82, 2.24) is 0 Å². The van der Waals surface area contributed by atoms with E-state index in [0.717, 1.165) is 40.3 Å². The van der Waals surface area contributed by atoms with Gasteiger partial charge in [0, 0.05) is 16.7 Å². The molecule has 0 aromatic heterocycles. The lowest BCUT2D eigenvalue weighted by Gasteiger charge is -2.45. The maximum absolute atomic E-state index is 12.0. The third-order valence-electron chi connectivity index (χ3n) is 6.01. The van der Waals surface area contributed by atoms with E-state index in [4.69, 9.17) is 0 Å². The highest BCUT2D eigenvalue weighted by Crippen LogP contribution is 2.82. The number of hydrogen-bond donors (Lipinski definition) is 0. The third-order valence-corrected chi connectivity index (χ3v) is 7.24. The second kappa shape index (κ2) is 1.56. The van der Waals surface area contributed by atoms with Crippen molar-refractivity contribution >= 4 is 21.7 Å². The fourth-order valence-electron chi connectivity index (χ4n) is 6.05. The van der Waals surface area contributed by atoms with Crippen LogP contribution < -0.4 is 0 Å². The van der Waals surface area contributed by atoms with Crippen LogP contribution in [-0.2, 0) is 4.79 Å². The number of fused-ring (bicyclic) bond motifs is 2. The van der Waals surface area contributed by atoms with Crippen LogP contribution in [0.15, 0.2) is 0 Å². The molecule has 5 rings (SSSR count). The summed E-state index contributed by atoms with van der Waals surface area (Å²) in [5.41, 5.74) is 0. The molecule has 13 heavy (non-hydrogen) atoms. The van der Waals surface area contributed by atoms with Gasteiger partial charge in [0.05, 0.1) is 0 Å². The van der Waals surface area contributed by atoms with Crippen molar-refractivity contribution in [2.24, 2.45) is 47.3 Å². The quantitative estimate of drug-likeness (QED) is 0.588. The third kappa shape index (κ3) is 0.397. The van der Waals surface area contributed by atoms with Crippen molar-refractivity contribution < 1.29 is 4.79 Å². The van der Waals surface area contributed by atoms with Gasteiger partial charge in [-0.25, -0.2) is 0 Å². The van der Waals surface area contributed by atoms with Crippen LogP contribution in [-0.4, -0.2) is 10.6 Å². The van der Waals surface area contributed by atoms with E-state index in [1.807, 2.05) is 0 Å². The molecule has 0 N–H and O–H groups in total. The summed E-state index contributed by atoms with van der Waals surface area (Å²) >= 11 is 3.86. The predicted molar refractivity (Wildman–Crippen MR) is 50.3 cm³/mol. The molecule has 5 aliphatic carbocycles. The molecule has 0 saturated heterocycles. The van der Waals surface area contributed by atoms with Crippen LogP contribution in [0.1, 0.15) is 6.42 Å². The Balaban J connectivity index is 1.87. The minimum absolute atomic E-state index is 0.513. The maximum Gasteiger partial charge on any atom is 0.140 e. The Hall–Kier alpha value is 0.150. The zero-order chi connectivity index (χ0) is 8.48. The highest BCUT2D eigenvalue weighted by Gasteiger charge is 2.83. The van der Waals surface area contributed by atoms with Crippen molar-refractivity contribution in [3.63, 3.8) is 0 Å². The van der Waals surface area contributed by atoms with Gasteiger partial charge in [0.25, 0.3) is 0 Å². The number of rotatable bonds is 0. The standard InChI is InChI=1S/C11H11BrO/c12-10-6-2-1-3-5-4(2)8(10)9(5)11(13)7(3)6/h2-10H,1H2/t2?,3-,4?,5-,6-,7+,8+,9-,10-/m0/s1. The number of hydrogen-bond acceptors (Lipinski definition) is 1. The Morgan fingerprint density at radius 2 is 1.85 bits per heavy atom. The van der Waals surface area contributed by atoms with Crippen LogP contribution in [0, 0.1) is 47.3 Å². The summed E-state index contributed by atoms with van der Waals surface area (Å²) in [5, 5.41) is 0. The second-order valence-electron chi connectivity index (χ2n) is 5.77. The topological polar surface area (TPSA) is 17.1 Å². The van der Waals surface area contributed by atoms with Gasteiger partial charge in [-0.15, -0.1) is 0 Å². The molecule has 0 aromatic rings. The molecule has 0 radical (unpaired) electrons. The molecule has 5 aliphatic rings. The normalized spacial score (nSPS) is 79.8. The van der Waals surface area contributed by atoms with E-state index in [0.29, 0.717) is 17.6 Å². The SMILES string of the molecule is O=C1[C@@H]2[C@H]3CC4C5[C@H]3[C@H]1[C@@H]5[C@@H](Br)[C@@H]42. The summed E-state index contributed by atoms with van der Waals surface area (Å²) in [5.74, 6) is 6.90. The highest BCUT2D eigenvalue weighted by molar-refractivity contribution is 9.09. The van der Waals surface area contributed by atoms with E-state index in [1.54, 1.807) is 0 Å². The molecular weight excluding hydrogens is 228 g/mol. The van der Waals surface area contributed by atoms with E-state index < -0.39 is 0 Å². The van der Waals surface area contributed by atoms with Gasteiger partial charge in [-0.3, -0.25) is 4.79 Å². The van der Waals surface area contributed by atoms with Gasteiger partial charge in [-0.05, 0) is 41.9 Å². The zero-order valence-corrected chi connectivity index (χ0v) is 8.78. The number of halogens is 1. The van der Waals surface area contributed by atoms with E-state index in [-0.39, 0.29) is 0 Å². The lowest BCUT2D eigenvalue weighted by Crippen LogP contribution is -2.48. The molecule has 68 valence electrons. The lowest BCUT2D eigenvalue weighted by atomic mass is 9.59. The largest absolute Gasteiger partial charge is 0.299 e. The molecular formula is C11H11BrO. The minimum Gasteiger partial charge on any atom is -0.299 e. The van der Waals surface area contributed by atoms with Crippen molar-refractivity contribution in [2.45, 2.75) is 11.2 Å². The molecule has 9 atom stereocenters. The summed E-state index contributed by atoms with van der Waals surface area (Å²) in [4.78, 5) is 12.7. The van der Waals surface area contributed by atoms with Crippen LogP contribution in [0.3, 0.4) is 0 Å². The molecule has 5 fully saturated rings. The van der Waals surface area contributed by atoms with Gasteiger partial charge in [-0.2, -0.15) is 0 Å². The van der Waals surface area contributed by atoms with Gasteiger partial charge in [0.1, 0.15) is 5.78 Å². The van der Waals surface area contributed by atoms with E-state index in [2.05, 4.69) is 15.9 Å². The first-order valence-electron chi connectivity index (χ1n) is 5.48. The predicted octanol–water partition coefficient (Wildman–Crippen LogP) is 1.71. The number of alkyl halides is 1. The van der Waals surface area contributed by atoms with Gasteiger partial charge in [0.15, 0.2) is 0 Å². The molecule has 0 aliphatic heterocycles. The van der Waals surface area contributed by atoms with Gasteiger partial charge >= 0.3 is 0 Å². The number of Topliss-reactive ketones (excluding diaryl/α,β-unsaturated/α-hetero) is 1. The Morgan fingerprint density at radius 1 is 1.00 bits per heavy atom. The van der Waals surface area contributed by atoms with Gasteiger partial charge in [0.2, 0.25) is 0 Å². The van der Waals surface area contributed by atoms with E-state index >= 15 is 0 Å². The summed E-state index contributed by atoms with van der Waals surface area (Å²) in [6.45, 7) is 0. The van der Waals surface area contributed by atoms with Crippen LogP contribution in [0.25, 0.3) is 0 Å². The first-order valence-corrected chi connectivity index (χ1v) is 6.40. The first kappa shape index (κ1) is 6.60. The summed E-state index contributed by atoms with van der Waals surface area (Å²) in [6, 6.07) is 0. The van der Waals surface area contributed by atoms with Gasteiger partial charge in [-0.1, -0.05) is 15.9 Å².